The van der Waals surface area contributed by atoms with Crippen molar-refractivity contribution in [3.8, 4) is 0 Å². The molecular weight excluding hydrogens is 394 g/mol. The van der Waals surface area contributed by atoms with E-state index in [0.29, 0.717) is 25.7 Å². The molecule has 160 valence electrons. The van der Waals surface area contributed by atoms with Crippen LogP contribution in [-0.4, -0.2) is 25.4 Å². The van der Waals surface area contributed by atoms with Gasteiger partial charge in [-0.15, -0.1) is 0 Å². The molecule has 0 aliphatic heterocycles. The minimum atomic E-state index is -0.385. The minimum Gasteiger partial charge on any atom is -0.299 e. The third kappa shape index (κ3) is 7.78. The van der Waals surface area contributed by atoms with Crippen LogP contribution in [0.25, 0.3) is 0 Å². The first-order chi connectivity index (χ1) is 13.4. The Bertz CT molecular complexity index is 911. The summed E-state index contributed by atoms with van der Waals surface area (Å²) in [6.07, 6.45) is 4.33. The van der Waals surface area contributed by atoms with Crippen LogP contribution in [-0.2, 0) is 29.6 Å². The van der Waals surface area contributed by atoms with Crippen LogP contribution in [0.5, 0.6) is 0 Å². The van der Waals surface area contributed by atoms with Gasteiger partial charge in [0.05, 0.1) is 6.54 Å². The summed E-state index contributed by atoms with van der Waals surface area (Å²) < 4.78 is 2.49. The summed E-state index contributed by atoms with van der Waals surface area (Å²) in [6, 6.07) is 7.36. The second kappa shape index (κ2) is 12.1. The standard InChI is InChI=1S/C19H25N3O5S.CH4/c1-21-18(25)22(19(26)28-21)13-15-10-8-14(9-11-15)12-16(23)6-4-2-3-5-7-17(24)20-27;/h8-11,27H,2-7,12-13H2,1H3,(H,20,24);1H4. The molecule has 0 radical (unpaired) electrons. The Balaban J connectivity index is 0.00000420. The number of nitrogens with zero attached hydrogens (tertiary/aromatic N) is 2. The molecule has 0 spiro atoms. The number of benzene rings is 1. The normalized spacial score (nSPS) is 10.4. The summed E-state index contributed by atoms with van der Waals surface area (Å²) in [6.45, 7) is 0.220. The average molecular weight is 424 g/mol. The van der Waals surface area contributed by atoms with Crippen LogP contribution in [0, 0.1) is 0 Å². The van der Waals surface area contributed by atoms with Crippen molar-refractivity contribution in [1.29, 1.82) is 0 Å². The average Bonchev–Trinajstić information content (AvgIpc) is 2.91. The molecule has 2 aromatic rings. The minimum absolute atomic E-state index is 0. The number of unbranched alkanes of at least 4 members (excludes halogenated alkanes) is 3. The zero-order chi connectivity index (χ0) is 20.5. The Hall–Kier alpha value is -2.52. The van der Waals surface area contributed by atoms with Gasteiger partial charge in [-0.25, -0.2) is 18.8 Å². The van der Waals surface area contributed by atoms with Crippen molar-refractivity contribution in [3.63, 3.8) is 0 Å². The molecule has 0 saturated heterocycles. The van der Waals surface area contributed by atoms with Gasteiger partial charge in [0.15, 0.2) is 0 Å². The second-order valence-corrected chi connectivity index (χ2v) is 7.78. The van der Waals surface area contributed by atoms with Gasteiger partial charge in [0.1, 0.15) is 5.78 Å². The van der Waals surface area contributed by atoms with E-state index in [-0.39, 0.29) is 36.2 Å². The highest BCUT2D eigenvalue weighted by Crippen LogP contribution is 2.10. The molecule has 0 saturated carbocycles. The lowest BCUT2D eigenvalue weighted by Gasteiger charge is -2.05. The second-order valence-electron chi connectivity index (χ2n) is 6.70. The van der Waals surface area contributed by atoms with Crippen LogP contribution in [0.2, 0.25) is 0 Å². The molecule has 0 aliphatic rings. The van der Waals surface area contributed by atoms with E-state index in [9.17, 15) is 19.2 Å². The fraction of sp³-hybridized carbons (Fsp3) is 0.500. The van der Waals surface area contributed by atoms with Crippen molar-refractivity contribution >= 4 is 23.2 Å². The topological polar surface area (TPSA) is 110 Å². The highest BCUT2D eigenvalue weighted by molar-refractivity contribution is 7.03. The smallest absolute Gasteiger partial charge is 0.299 e. The first kappa shape index (κ1) is 24.5. The van der Waals surface area contributed by atoms with Crippen LogP contribution in [0.1, 0.15) is 57.1 Å². The number of hydroxylamine groups is 1. The SMILES string of the molecule is C.Cn1sc(=O)n(Cc2ccc(CC(=O)CCCCCCC(=O)NO)cc2)c1=O. The fourth-order valence-electron chi connectivity index (χ4n) is 2.86. The van der Waals surface area contributed by atoms with E-state index in [1.54, 1.807) is 12.5 Å². The highest BCUT2D eigenvalue weighted by atomic mass is 32.1. The zero-order valence-corrected chi connectivity index (χ0v) is 16.7. The van der Waals surface area contributed by atoms with E-state index in [0.717, 1.165) is 41.9 Å². The molecule has 9 heteroatoms. The molecule has 1 amide bonds. The van der Waals surface area contributed by atoms with Gasteiger partial charge in [-0.3, -0.25) is 19.6 Å². The number of nitrogens with one attached hydrogen (secondary N) is 1. The third-order valence-electron chi connectivity index (χ3n) is 4.43. The zero-order valence-electron chi connectivity index (χ0n) is 15.8. The molecule has 2 N–H and O–H groups in total. The number of carbonyl (C=O) groups excluding carboxylic acids is 2. The largest absolute Gasteiger partial charge is 0.341 e. The number of ketones is 1. The Kier molecular flexibility index (Phi) is 10.3. The van der Waals surface area contributed by atoms with Gasteiger partial charge < -0.3 is 0 Å². The van der Waals surface area contributed by atoms with Crippen LogP contribution in [0.3, 0.4) is 0 Å². The molecule has 29 heavy (non-hydrogen) atoms. The van der Waals surface area contributed by atoms with Crippen molar-refractivity contribution in [2.24, 2.45) is 7.05 Å². The highest BCUT2D eigenvalue weighted by Gasteiger charge is 2.09. The van der Waals surface area contributed by atoms with E-state index in [1.165, 1.54) is 8.52 Å². The van der Waals surface area contributed by atoms with Crippen molar-refractivity contribution in [2.45, 2.75) is 58.9 Å². The Morgan fingerprint density at radius 1 is 1.00 bits per heavy atom. The lowest BCUT2D eigenvalue weighted by molar-refractivity contribution is -0.129. The molecule has 0 aliphatic carbocycles. The lowest BCUT2D eigenvalue weighted by atomic mass is 10.0. The predicted octanol–water partition coefficient (Wildman–Crippen LogP) is 2.25. The number of hydrogen-bond donors (Lipinski definition) is 2. The van der Waals surface area contributed by atoms with Crippen molar-refractivity contribution in [3.05, 3.63) is 55.5 Å². The van der Waals surface area contributed by atoms with Crippen LogP contribution >= 0.6 is 11.5 Å². The molecule has 1 heterocycles. The van der Waals surface area contributed by atoms with Crippen molar-refractivity contribution in [1.82, 2.24) is 14.0 Å². The summed E-state index contributed by atoms with van der Waals surface area (Å²) in [5.74, 6) is -0.229. The number of aromatic nitrogens is 2. The number of aryl methyl sites for hydroxylation is 1. The summed E-state index contributed by atoms with van der Waals surface area (Å²) in [7, 11) is 1.56. The first-order valence-corrected chi connectivity index (χ1v) is 9.97. The van der Waals surface area contributed by atoms with Crippen LogP contribution in [0.4, 0.5) is 0 Å². The van der Waals surface area contributed by atoms with Gasteiger partial charge in [-0.1, -0.05) is 44.5 Å². The lowest BCUT2D eigenvalue weighted by Crippen LogP contribution is -2.28. The summed E-state index contributed by atoms with van der Waals surface area (Å²) >= 11 is 0.878. The van der Waals surface area contributed by atoms with E-state index >= 15 is 0 Å². The maximum absolute atomic E-state index is 12.1. The summed E-state index contributed by atoms with van der Waals surface area (Å²) in [4.78, 5) is 46.3. The van der Waals surface area contributed by atoms with E-state index in [2.05, 4.69) is 0 Å². The maximum Gasteiger partial charge on any atom is 0.341 e. The number of rotatable bonds is 11. The monoisotopic (exact) mass is 423 g/mol. The number of amides is 1. The van der Waals surface area contributed by atoms with E-state index in [4.69, 9.17) is 5.21 Å². The van der Waals surface area contributed by atoms with Gasteiger partial charge in [-0.05, 0) is 24.0 Å². The van der Waals surface area contributed by atoms with Gasteiger partial charge in [0, 0.05) is 37.8 Å². The number of hydrogen-bond acceptors (Lipinski definition) is 6. The maximum atomic E-state index is 12.1. The summed E-state index contributed by atoms with van der Waals surface area (Å²) in [5, 5.41) is 8.39. The van der Waals surface area contributed by atoms with Crippen molar-refractivity contribution in [2.75, 3.05) is 0 Å². The van der Waals surface area contributed by atoms with Crippen molar-refractivity contribution < 1.29 is 14.8 Å². The quantitative estimate of drug-likeness (QED) is 0.327. The van der Waals surface area contributed by atoms with Gasteiger partial charge in [0.2, 0.25) is 5.91 Å². The fourth-order valence-corrected chi connectivity index (χ4v) is 3.52. The van der Waals surface area contributed by atoms with Gasteiger partial charge in [0.25, 0.3) is 0 Å². The molecule has 0 bridgehead atoms. The first-order valence-electron chi connectivity index (χ1n) is 9.20. The Morgan fingerprint density at radius 3 is 2.14 bits per heavy atom. The predicted molar refractivity (Wildman–Crippen MR) is 112 cm³/mol. The molecule has 0 atom stereocenters. The van der Waals surface area contributed by atoms with Gasteiger partial charge >= 0.3 is 10.6 Å². The van der Waals surface area contributed by atoms with Crippen LogP contribution in [0.15, 0.2) is 33.9 Å². The molecule has 0 fully saturated rings. The Morgan fingerprint density at radius 2 is 1.59 bits per heavy atom. The molecule has 2 rings (SSSR count). The van der Waals surface area contributed by atoms with E-state index in [1.807, 2.05) is 24.3 Å². The van der Waals surface area contributed by atoms with Crippen LogP contribution < -0.4 is 16.0 Å². The molecule has 8 nitrogen and oxygen atoms in total. The number of Topliss-reactive ketones (excluding diaryl/α,β-unsaturated/α-hetero) is 1. The molecular formula is C20H29N3O5S. The summed E-state index contributed by atoms with van der Waals surface area (Å²) in [5.41, 5.74) is 3.01. The molecule has 1 aromatic carbocycles. The molecule has 0 unspecified atom stereocenters. The Labute approximate surface area is 173 Å². The third-order valence-corrected chi connectivity index (χ3v) is 5.24. The molecule has 1 aromatic heterocycles. The number of carbonyl (C=O) groups is 2. The van der Waals surface area contributed by atoms with E-state index < -0.39 is 0 Å². The van der Waals surface area contributed by atoms with Gasteiger partial charge in [-0.2, -0.15) is 0 Å².